The third kappa shape index (κ3) is 4.36. The lowest BCUT2D eigenvalue weighted by atomic mass is 10.2. The lowest BCUT2D eigenvalue weighted by Gasteiger charge is -2.16. The van der Waals surface area contributed by atoms with E-state index in [0.717, 1.165) is 37.2 Å². The van der Waals surface area contributed by atoms with Gasteiger partial charge in [0, 0.05) is 13.1 Å². The predicted octanol–water partition coefficient (Wildman–Crippen LogP) is 1.80. The van der Waals surface area contributed by atoms with E-state index < -0.39 is 0 Å². The topological polar surface area (TPSA) is 61.4 Å². The minimum atomic E-state index is -0.220. The third-order valence-electron chi connectivity index (χ3n) is 3.54. The minimum absolute atomic E-state index is 0.0187. The molecule has 1 aromatic rings. The molecule has 21 heavy (non-hydrogen) atoms. The van der Waals surface area contributed by atoms with Gasteiger partial charge in [0.25, 0.3) is 0 Å². The van der Waals surface area contributed by atoms with Crippen LogP contribution in [0.3, 0.4) is 0 Å². The highest BCUT2D eigenvalue weighted by atomic mass is 35.5. The summed E-state index contributed by atoms with van der Waals surface area (Å²) >= 11 is 6.07. The number of nitrogens with one attached hydrogen (secondary N) is 2. The number of anilines is 1. The molecule has 0 aromatic heterocycles. The van der Waals surface area contributed by atoms with Gasteiger partial charge in [-0.3, -0.25) is 9.59 Å². The van der Waals surface area contributed by atoms with Crippen LogP contribution in [0.2, 0.25) is 5.02 Å². The summed E-state index contributed by atoms with van der Waals surface area (Å²) in [6.07, 6.45) is 2.10. The summed E-state index contributed by atoms with van der Waals surface area (Å²) in [5.41, 5.74) is 1.73. The average Bonchev–Trinajstić information content (AvgIpc) is 2.98. The van der Waals surface area contributed by atoms with Crippen molar-refractivity contribution in [3.8, 4) is 0 Å². The first-order valence-electron chi connectivity index (χ1n) is 7.11. The Hall–Kier alpha value is -1.75. The van der Waals surface area contributed by atoms with Crippen molar-refractivity contribution >= 4 is 29.1 Å². The molecule has 0 radical (unpaired) electrons. The van der Waals surface area contributed by atoms with Crippen molar-refractivity contribution in [2.24, 2.45) is 0 Å². The quantitative estimate of drug-likeness (QED) is 0.872. The molecule has 2 rings (SSSR count). The number of hydrogen-bond acceptors (Lipinski definition) is 3. The molecule has 1 saturated heterocycles. The van der Waals surface area contributed by atoms with E-state index in [2.05, 4.69) is 10.6 Å². The number of likely N-dealkylation sites (tertiary alicyclic amines) is 1. The van der Waals surface area contributed by atoms with E-state index in [1.807, 2.05) is 19.1 Å². The molecule has 0 atom stereocenters. The fourth-order valence-corrected chi connectivity index (χ4v) is 2.63. The Labute approximate surface area is 129 Å². The lowest BCUT2D eigenvalue weighted by Crippen LogP contribution is -2.40. The number of aryl methyl sites for hydroxylation is 1. The van der Waals surface area contributed by atoms with Gasteiger partial charge in [-0.1, -0.05) is 23.7 Å². The van der Waals surface area contributed by atoms with E-state index in [9.17, 15) is 9.59 Å². The number of nitrogens with zero attached hydrogens (tertiary/aromatic N) is 1. The van der Waals surface area contributed by atoms with Crippen molar-refractivity contribution < 1.29 is 9.59 Å². The molecule has 1 aromatic carbocycles. The third-order valence-corrected chi connectivity index (χ3v) is 3.86. The number of rotatable bonds is 5. The number of halogens is 1. The summed E-state index contributed by atoms with van der Waals surface area (Å²) in [5, 5.41) is 6.22. The van der Waals surface area contributed by atoms with Gasteiger partial charge in [-0.15, -0.1) is 0 Å². The lowest BCUT2D eigenvalue weighted by molar-refractivity contribution is -0.131. The van der Waals surface area contributed by atoms with Crippen molar-refractivity contribution in [3.63, 3.8) is 0 Å². The van der Waals surface area contributed by atoms with E-state index >= 15 is 0 Å². The predicted molar refractivity (Wildman–Crippen MR) is 83.5 cm³/mol. The van der Waals surface area contributed by atoms with Crippen LogP contribution < -0.4 is 10.6 Å². The Bertz CT molecular complexity index is 507. The van der Waals surface area contributed by atoms with Crippen LogP contribution in [0.5, 0.6) is 0 Å². The van der Waals surface area contributed by atoms with Gasteiger partial charge in [-0.25, -0.2) is 0 Å². The molecule has 1 fully saturated rings. The van der Waals surface area contributed by atoms with Crippen LogP contribution in [0.25, 0.3) is 0 Å². The Balaban J connectivity index is 1.76. The first kappa shape index (κ1) is 15.6. The summed E-state index contributed by atoms with van der Waals surface area (Å²) in [6.45, 7) is 3.67. The zero-order valence-corrected chi connectivity index (χ0v) is 12.9. The smallest absolute Gasteiger partial charge is 0.241 e. The van der Waals surface area contributed by atoms with Crippen molar-refractivity contribution in [2.45, 2.75) is 19.8 Å². The first-order valence-corrected chi connectivity index (χ1v) is 7.49. The van der Waals surface area contributed by atoms with Gasteiger partial charge >= 0.3 is 0 Å². The number of benzene rings is 1. The Morgan fingerprint density at radius 2 is 1.95 bits per heavy atom. The van der Waals surface area contributed by atoms with Gasteiger partial charge in [0.1, 0.15) is 0 Å². The van der Waals surface area contributed by atoms with Crippen LogP contribution in [0.4, 0.5) is 5.69 Å². The van der Waals surface area contributed by atoms with E-state index in [1.54, 1.807) is 11.0 Å². The molecule has 2 N–H and O–H groups in total. The molecule has 0 bridgehead atoms. The second-order valence-electron chi connectivity index (χ2n) is 5.15. The Morgan fingerprint density at radius 3 is 2.62 bits per heavy atom. The summed E-state index contributed by atoms with van der Waals surface area (Å²) in [6, 6.07) is 5.55. The number of hydrogen-bond donors (Lipinski definition) is 2. The summed E-state index contributed by atoms with van der Waals surface area (Å²) in [4.78, 5) is 25.4. The van der Waals surface area contributed by atoms with E-state index in [4.69, 9.17) is 11.6 Å². The molecule has 1 aliphatic rings. The van der Waals surface area contributed by atoms with Crippen molar-refractivity contribution in [2.75, 3.05) is 31.5 Å². The highest BCUT2D eigenvalue weighted by Gasteiger charge is 2.18. The number of amides is 2. The molecule has 114 valence electrons. The first-order chi connectivity index (χ1) is 10.1. The maximum absolute atomic E-state index is 11.8. The van der Waals surface area contributed by atoms with Crippen molar-refractivity contribution in [3.05, 3.63) is 28.8 Å². The van der Waals surface area contributed by atoms with E-state index in [1.165, 1.54) is 0 Å². The normalized spacial score (nSPS) is 14.1. The molecule has 0 aliphatic carbocycles. The number of carbonyl (C=O) groups is 2. The summed E-state index contributed by atoms with van der Waals surface area (Å²) in [5.74, 6) is -0.239. The SMILES string of the molecule is Cc1cccc(Cl)c1NCC(=O)NCC(=O)N1CCCC1. The van der Waals surface area contributed by atoms with Crippen LogP contribution in [-0.4, -0.2) is 42.9 Å². The van der Waals surface area contributed by atoms with Crippen molar-refractivity contribution in [1.29, 1.82) is 0 Å². The molecule has 5 nitrogen and oxygen atoms in total. The molecular formula is C15H20ClN3O2. The molecule has 0 saturated carbocycles. The van der Waals surface area contributed by atoms with Crippen LogP contribution in [0.1, 0.15) is 18.4 Å². The fraction of sp³-hybridized carbons (Fsp3) is 0.467. The zero-order chi connectivity index (χ0) is 15.2. The van der Waals surface area contributed by atoms with Crippen LogP contribution in [0, 0.1) is 6.92 Å². The van der Waals surface area contributed by atoms with Gasteiger partial charge in [-0.2, -0.15) is 0 Å². The maximum atomic E-state index is 11.8. The number of para-hydroxylation sites is 1. The summed E-state index contributed by atoms with van der Waals surface area (Å²) in [7, 11) is 0. The van der Waals surface area contributed by atoms with Gasteiger partial charge in [-0.05, 0) is 31.4 Å². The van der Waals surface area contributed by atoms with Crippen LogP contribution in [-0.2, 0) is 9.59 Å². The second-order valence-corrected chi connectivity index (χ2v) is 5.56. The van der Waals surface area contributed by atoms with Crippen LogP contribution >= 0.6 is 11.6 Å². The highest BCUT2D eigenvalue weighted by molar-refractivity contribution is 6.33. The molecule has 2 amide bonds. The van der Waals surface area contributed by atoms with E-state index in [-0.39, 0.29) is 24.9 Å². The summed E-state index contributed by atoms with van der Waals surface area (Å²) < 4.78 is 0. The van der Waals surface area contributed by atoms with Crippen molar-refractivity contribution in [1.82, 2.24) is 10.2 Å². The van der Waals surface area contributed by atoms with E-state index in [0.29, 0.717) is 5.02 Å². The number of carbonyl (C=O) groups excluding carboxylic acids is 2. The molecule has 6 heteroatoms. The average molecular weight is 310 g/mol. The molecular weight excluding hydrogens is 290 g/mol. The Kier molecular flexibility index (Phi) is 5.44. The molecule has 1 heterocycles. The van der Waals surface area contributed by atoms with Gasteiger partial charge in [0.15, 0.2) is 0 Å². The monoisotopic (exact) mass is 309 g/mol. The molecule has 1 aliphatic heterocycles. The second kappa shape index (κ2) is 7.31. The highest BCUT2D eigenvalue weighted by Crippen LogP contribution is 2.24. The largest absolute Gasteiger partial charge is 0.375 e. The zero-order valence-electron chi connectivity index (χ0n) is 12.1. The maximum Gasteiger partial charge on any atom is 0.241 e. The Morgan fingerprint density at radius 1 is 1.24 bits per heavy atom. The van der Waals surface area contributed by atoms with Crippen LogP contribution in [0.15, 0.2) is 18.2 Å². The minimum Gasteiger partial charge on any atom is -0.375 e. The van der Waals surface area contributed by atoms with Gasteiger partial charge in [0.05, 0.1) is 23.8 Å². The van der Waals surface area contributed by atoms with Gasteiger partial charge in [0.2, 0.25) is 11.8 Å². The standard InChI is InChI=1S/C15H20ClN3O2/c1-11-5-4-6-12(16)15(11)18-9-13(20)17-10-14(21)19-7-2-3-8-19/h4-6,18H,2-3,7-10H2,1H3,(H,17,20). The van der Waals surface area contributed by atoms with Gasteiger partial charge < -0.3 is 15.5 Å². The molecule has 0 unspecified atom stereocenters. The molecule has 0 spiro atoms. The fourth-order valence-electron chi connectivity index (χ4n) is 2.34.